The maximum atomic E-state index is 11.4. The third-order valence-corrected chi connectivity index (χ3v) is 7.17. The summed E-state index contributed by atoms with van der Waals surface area (Å²) in [5, 5.41) is 0. The number of benzene rings is 5. The van der Waals surface area contributed by atoms with E-state index in [1.807, 2.05) is 25.1 Å². The molecule has 5 rings (SSSR count). The Morgan fingerprint density at radius 3 is 1.63 bits per heavy atom. The van der Waals surface area contributed by atoms with Crippen molar-refractivity contribution in [2.24, 2.45) is 0 Å². The second-order valence-corrected chi connectivity index (χ2v) is 10.4. The molecular weight excluding hydrogens is 502 g/mol. The lowest BCUT2D eigenvalue weighted by molar-refractivity contribution is -0.145. The predicted molar refractivity (Wildman–Crippen MR) is 171 cm³/mol. The lowest BCUT2D eigenvalue weighted by atomic mass is 9.95. The molecule has 0 aliphatic heterocycles. The minimum atomic E-state index is -0.298. The van der Waals surface area contributed by atoms with Crippen molar-refractivity contribution in [2.75, 3.05) is 4.90 Å². The first kappa shape index (κ1) is 27.7. The number of anilines is 3. The second-order valence-electron chi connectivity index (χ2n) is 10.4. The molecule has 5 aromatic rings. The quantitative estimate of drug-likeness (QED) is 0.146. The molecule has 5 aromatic carbocycles. The number of hydrogen-bond donors (Lipinski definition) is 0. The average Bonchev–Trinajstić information content (AvgIpc) is 2.99. The third-order valence-electron chi connectivity index (χ3n) is 7.17. The van der Waals surface area contributed by atoms with Crippen LogP contribution < -0.4 is 4.90 Å². The number of carbonyl (C=O) groups is 1. The summed E-state index contributed by atoms with van der Waals surface area (Å²) < 4.78 is 5.38. The summed E-state index contributed by atoms with van der Waals surface area (Å²) in [6.45, 7) is 7.54. The molecule has 204 valence electrons. The van der Waals surface area contributed by atoms with E-state index in [-0.39, 0.29) is 12.1 Å². The highest BCUT2D eigenvalue weighted by Gasteiger charge is 2.15. The summed E-state index contributed by atoms with van der Waals surface area (Å²) in [5.74, 6) is -0.283. The van der Waals surface area contributed by atoms with Crippen molar-refractivity contribution < 1.29 is 9.53 Å². The van der Waals surface area contributed by atoms with E-state index in [4.69, 9.17) is 4.74 Å². The van der Waals surface area contributed by atoms with Crippen molar-refractivity contribution in [3.05, 3.63) is 161 Å². The van der Waals surface area contributed by atoms with Gasteiger partial charge in [0.05, 0.1) is 0 Å². The molecular formula is C38H35NO2. The average molecular weight is 538 g/mol. The summed E-state index contributed by atoms with van der Waals surface area (Å²) in [6.07, 6.45) is 1.96. The van der Waals surface area contributed by atoms with Crippen molar-refractivity contribution in [1.82, 2.24) is 0 Å². The summed E-state index contributed by atoms with van der Waals surface area (Å²) in [6, 6.07) is 44.6. The van der Waals surface area contributed by atoms with Crippen molar-refractivity contribution in [2.45, 2.75) is 33.8 Å². The maximum Gasteiger partial charge on any atom is 0.303 e. The molecule has 0 aliphatic rings. The van der Waals surface area contributed by atoms with E-state index in [0.29, 0.717) is 0 Å². The van der Waals surface area contributed by atoms with Gasteiger partial charge in [0.25, 0.3) is 0 Å². The van der Waals surface area contributed by atoms with Crippen LogP contribution in [-0.4, -0.2) is 5.97 Å². The molecule has 0 amide bonds. The number of hydrogen-bond acceptors (Lipinski definition) is 3. The fourth-order valence-corrected chi connectivity index (χ4v) is 4.92. The van der Waals surface area contributed by atoms with Gasteiger partial charge in [0.2, 0.25) is 0 Å². The van der Waals surface area contributed by atoms with Gasteiger partial charge < -0.3 is 9.64 Å². The largest absolute Gasteiger partial charge is 0.458 e. The number of carbonyl (C=O) groups excluding carboxylic acids is 1. The highest BCUT2D eigenvalue weighted by molar-refractivity contribution is 5.91. The Hall–Kier alpha value is -4.89. The molecule has 0 aromatic heterocycles. The fraction of sp³-hybridized carbons (Fsp3) is 0.132. The molecule has 0 N–H and O–H groups in total. The van der Waals surface area contributed by atoms with Gasteiger partial charge in [-0.25, -0.2) is 0 Å². The molecule has 3 heteroatoms. The number of aryl methyl sites for hydroxylation is 2. The van der Waals surface area contributed by atoms with Crippen LogP contribution in [0.25, 0.3) is 11.6 Å². The Morgan fingerprint density at radius 2 is 1.10 bits per heavy atom. The van der Waals surface area contributed by atoms with Gasteiger partial charge in [0.15, 0.2) is 0 Å². The smallest absolute Gasteiger partial charge is 0.303 e. The number of esters is 1. The molecule has 0 saturated heterocycles. The van der Waals surface area contributed by atoms with E-state index >= 15 is 0 Å². The van der Waals surface area contributed by atoms with E-state index < -0.39 is 0 Å². The third kappa shape index (κ3) is 6.82. The monoisotopic (exact) mass is 537 g/mol. The Balaban J connectivity index is 1.51. The molecule has 0 fully saturated rings. The zero-order valence-electron chi connectivity index (χ0n) is 24.0. The van der Waals surface area contributed by atoms with Gasteiger partial charge >= 0.3 is 5.97 Å². The first-order valence-corrected chi connectivity index (χ1v) is 14.0. The lowest BCUT2D eigenvalue weighted by Crippen LogP contribution is -2.10. The van der Waals surface area contributed by atoms with Crippen LogP contribution in [0.4, 0.5) is 17.1 Å². The fourth-order valence-electron chi connectivity index (χ4n) is 4.92. The molecule has 1 unspecified atom stereocenters. The number of nitrogens with zero attached hydrogens (tertiary/aromatic N) is 1. The van der Waals surface area contributed by atoms with Crippen LogP contribution >= 0.6 is 0 Å². The van der Waals surface area contributed by atoms with Crippen molar-refractivity contribution in [1.29, 1.82) is 0 Å². The van der Waals surface area contributed by atoms with Gasteiger partial charge in [-0.05, 0) is 91.1 Å². The molecule has 1 atom stereocenters. The van der Waals surface area contributed by atoms with Crippen LogP contribution in [-0.2, 0) is 9.53 Å². The van der Waals surface area contributed by atoms with Crippen LogP contribution in [0.5, 0.6) is 0 Å². The van der Waals surface area contributed by atoms with E-state index in [0.717, 1.165) is 28.2 Å². The van der Waals surface area contributed by atoms with Gasteiger partial charge in [-0.2, -0.15) is 0 Å². The molecule has 3 nitrogen and oxygen atoms in total. The standard InChI is InChI=1S/C38H35NO2/c1-27-10-16-34(17-11-27)38(33-8-6-5-7-9-33)26-31-14-22-36(23-15-31)39(35-20-12-28(2)13-21-35)37-24-18-32(19-25-37)29(3)41-30(4)40/h5-26,29H,1-4H3. The summed E-state index contributed by atoms with van der Waals surface area (Å²) in [4.78, 5) is 13.7. The van der Waals surface area contributed by atoms with E-state index in [1.54, 1.807) is 0 Å². The molecule has 0 spiro atoms. The normalized spacial score (nSPS) is 12.0. The van der Waals surface area contributed by atoms with E-state index in [9.17, 15) is 4.79 Å². The van der Waals surface area contributed by atoms with Gasteiger partial charge in [-0.15, -0.1) is 0 Å². The lowest BCUT2D eigenvalue weighted by Gasteiger charge is -2.26. The predicted octanol–water partition coefficient (Wildman–Crippen LogP) is 9.99. The number of rotatable bonds is 8. The first-order valence-electron chi connectivity index (χ1n) is 14.0. The van der Waals surface area contributed by atoms with Crippen LogP contribution in [0.2, 0.25) is 0 Å². The SMILES string of the molecule is CC(=O)OC(C)c1ccc(N(c2ccc(C)cc2)c2ccc(C=C(c3ccccc3)c3ccc(C)cc3)cc2)cc1. The zero-order valence-corrected chi connectivity index (χ0v) is 24.0. The second kappa shape index (κ2) is 12.5. The van der Waals surface area contributed by atoms with E-state index in [1.165, 1.54) is 34.8 Å². The first-order chi connectivity index (χ1) is 19.9. The summed E-state index contributed by atoms with van der Waals surface area (Å²) in [5.41, 5.74) is 11.3. The maximum absolute atomic E-state index is 11.4. The van der Waals surface area contributed by atoms with Gasteiger partial charge in [-0.1, -0.05) is 102 Å². The topological polar surface area (TPSA) is 29.5 Å². The van der Waals surface area contributed by atoms with Crippen LogP contribution in [0.1, 0.15) is 53.3 Å². The van der Waals surface area contributed by atoms with Crippen LogP contribution in [0.3, 0.4) is 0 Å². The van der Waals surface area contributed by atoms with Crippen molar-refractivity contribution >= 4 is 34.7 Å². The summed E-state index contributed by atoms with van der Waals surface area (Å²) >= 11 is 0. The van der Waals surface area contributed by atoms with Gasteiger partial charge in [-0.3, -0.25) is 4.79 Å². The Morgan fingerprint density at radius 1 is 0.634 bits per heavy atom. The molecule has 0 heterocycles. The molecule has 0 aliphatic carbocycles. The Bertz CT molecular complexity index is 1620. The highest BCUT2D eigenvalue weighted by Crippen LogP contribution is 2.36. The molecule has 41 heavy (non-hydrogen) atoms. The van der Waals surface area contributed by atoms with Crippen LogP contribution in [0.15, 0.2) is 127 Å². The zero-order chi connectivity index (χ0) is 28.8. The molecule has 0 radical (unpaired) electrons. The summed E-state index contributed by atoms with van der Waals surface area (Å²) in [7, 11) is 0. The van der Waals surface area contributed by atoms with Gasteiger partial charge in [0, 0.05) is 24.0 Å². The van der Waals surface area contributed by atoms with E-state index in [2.05, 4.69) is 134 Å². The minimum Gasteiger partial charge on any atom is -0.458 e. The van der Waals surface area contributed by atoms with Crippen LogP contribution in [0, 0.1) is 13.8 Å². The highest BCUT2D eigenvalue weighted by atomic mass is 16.5. The van der Waals surface area contributed by atoms with Crippen molar-refractivity contribution in [3.8, 4) is 0 Å². The molecule has 0 bridgehead atoms. The Labute approximate surface area is 243 Å². The molecule has 0 saturated carbocycles. The Kier molecular flexibility index (Phi) is 8.45. The number of ether oxygens (including phenoxy) is 1. The van der Waals surface area contributed by atoms with Gasteiger partial charge in [0.1, 0.15) is 6.10 Å². The van der Waals surface area contributed by atoms with Crippen molar-refractivity contribution in [3.63, 3.8) is 0 Å². The minimum absolute atomic E-state index is 0.283.